The van der Waals surface area contributed by atoms with Crippen molar-refractivity contribution in [3.05, 3.63) is 0 Å². The van der Waals surface area contributed by atoms with Gasteiger partial charge in [0.1, 0.15) is 0 Å². The number of nitrogens with one attached hydrogen (secondary N) is 1. The van der Waals surface area contributed by atoms with Gasteiger partial charge >= 0.3 is 0 Å². The molecule has 3 aliphatic rings. The first-order chi connectivity index (χ1) is 3.95. The fourth-order valence-corrected chi connectivity index (χ4v) is 2.03. The normalized spacial score (nSPS) is 66.0. The van der Waals surface area contributed by atoms with Crippen LogP contribution in [0, 0.1) is 5.92 Å². The van der Waals surface area contributed by atoms with Gasteiger partial charge in [-0.3, -0.25) is 5.43 Å². The van der Waals surface area contributed by atoms with Crippen molar-refractivity contribution in [1.82, 2.24) is 10.4 Å². The summed E-state index contributed by atoms with van der Waals surface area (Å²) >= 11 is 0. The van der Waals surface area contributed by atoms with Gasteiger partial charge in [0.05, 0.1) is 0 Å². The minimum atomic E-state index is 0.897. The van der Waals surface area contributed by atoms with Crippen LogP contribution in [0.1, 0.15) is 12.8 Å². The van der Waals surface area contributed by atoms with Gasteiger partial charge in [0.15, 0.2) is 0 Å². The Morgan fingerprint density at radius 2 is 2.38 bits per heavy atom. The zero-order chi connectivity index (χ0) is 5.14. The maximum absolute atomic E-state index is 3.46. The van der Waals surface area contributed by atoms with Crippen LogP contribution in [0.5, 0.6) is 0 Å². The topological polar surface area (TPSA) is 15.0 Å². The number of nitrogens with zero attached hydrogens (tertiary/aromatic N) is 1. The number of rotatable bonds is 0. The smallest absolute Gasteiger partial charge is 0.0429 e. The second-order valence-corrected chi connectivity index (χ2v) is 3.20. The first kappa shape index (κ1) is 3.85. The van der Waals surface area contributed by atoms with Crippen LogP contribution in [-0.2, 0) is 0 Å². The van der Waals surface area contributed by atoms with E-state index in [0.717, 1.165) is 18.0 Å². The lowest BCUT2D eigenvalue weighted by atomic mass is 9.79. The van der Waals surface area contributed by atoms with Gasteiger partial charge in [0.25, 0.3) is 0 Å². The van der Waals surface area contributed by atoms with Crippen LogP contribution in [0.2, 0.25) is 0 Å². The van der Waals surface area contributed by atoms with Gasteiger partial charge in [0, 0.05) is 18.6 Å². The van der Waals surface area contributed by atoms with Crippen molar-refractivity contribution in [2.24, 2.45) is 5.92 Å². The SMILES string of the molecule is C1C[C@@H]2C1NN1CC21. The summed E-state index contributed by atoms with van der Waals surface area (Å²) in [4.78, 5) is 0. The second-order valence-electron chi connectivity index (χ2n) is 3.20. The van der Waals surface area contributed by atoms with E-state index in [1.807, 2.05) is 0 Å². The molecule has 2 heteroatoms. The Balaban J connectivity index is 1.92. The zero-order valence-corrected chi connectivity index (χ0v) is 4.80. The first-order valence-electron chi connectivity index (χ1n) is 3.48. The van der Waals surface area contributed by atoms with Crippen LogP contribution in [0.25, 0.3) is 0 Å². The van der Waals surface area contributed by atoms with Crippen LogP contribution in [0.3, 0.4) is 0 Å². The van der Waals surface area contributed by atoms with Gasteiger partial charge in [-0.1, -0.05) is 0 Å². The van der Waals surface area contributed by atoms with E-state index in [9.17, 15) is 0 Å². The molecular weight excluding hydrogens is 100 g/mol. The summed E-state index contributed by atoms with van der Waals surface area (Å²) in [6.45, 7) is 1.33. The predicted octanol–water partition coefficient (Wildman–Crippen LogP) is -0.0326. The van der Waals surface area contributed by atoms with E-state index < -0.39 is 0 Å². The van der Waals surface area contributed by atoms with Crippen LogP contribution < -0.4 is 5.43 Å². The monoisotopic (exact) mass is 110 g/mol. The van der Waals surface area contributed by atoms with Crippen molar-refractivity contribution >= 4 is 0 Å². The lowest BCUT2D eigenvalue weighted by Crippen LogP contribution is -2.40. The van der Waals surface area contributed by atoms with Gasteiger partial charge in [-0.05, 0) is 18.8 Å². The van der Waals surface area contributed by atoms with E-state index in [1.54, 1.807) is 0 Å². The van der Waals surface area contributed by atoms with E-state index in [-0.39, 0.29) is 0 Å². The molecule has 4 atom stereocenters. The van der Waals surface area contributed by atoms with Crippen molar-refractivity contribution in [1.29, 1.82) is 0 Å². The molecule has 3 unspecified atom stereocenters. The lowest BCUT2D eigenvalue weighted by Gasteiger charge is -2.30. The Morgan fingerprint density at radius 3 is 2.75 bits per heavy atom. The van der Waals surface area contributed by atoms with Crippen molar-refractivity contribution in [2.75, 3.05) is 6.54 Å². The minimum Gasteiger partial charge on any atom is -0.251 e. The van der Waals surface area contributed by atoms with Gasteiger partial charge in [0.2, 0.25) is 0 Å². The van der Waals surface area contributed by atoms with Crippen LogP contribution >= 0.6 is 0 Å². The molecule has 2 nitrogen and oxygen atoms in total. The van der Waals surface area contributed by atoms with Crippen LogP contribution in [0.4, 0.5) is 0 Å². The zero-order valence-electron chi connectivity index (χ0n) is 4.80. The van der Waals surface area contributed by atoms with E-state index in [4.69, 9.17) is 0 Å². The standard InChI is InChI=1S/C6H10N2/c1-2-5-4(1)6-3-8(6)7-5/h4-7H,1-3H2/t4-,5?,6?,8?/m1/s1. The third kappa shape index (κ3) is 0.273. The fraction of sp³-hybridized carbons (Fsp3) is 1.00. The van der Waals surface area contributed by atoms with Crippen LogP contribution in [-0.4, -0.2) is 23.6 Å². The number of fused-ring (bicyclic) bond motifs is 3. The lowest BCUT2D eigenvalue weighted by molar-refractivity contribution is 0.241. The Hall–Kier alpha value is -0.0800. The highest BCUT2D eigenvalue weighted by atomic mass is 15.7. The molecule has 2 saturated heterocycles. The number of hydrogen-bond acceptors (Lipinski definition) is 2. The summed E-state index contributed by atoms with van der Waals surface area (Å²) in [5.74, 6) is 1.05. The molecule has 1 aliphatic carbocycles. The average Bonchev–Trinajstić information content (AvgIpc) is 2.34. The maximum Gasteiger partial charge on any atom is 0.0429 e. The summed E-state index contributed by atoms with van der Waals surface area (Å²) < 4.78 is 0. The largest absolute Gasteiger partial charge is 0.251 e. The summed E-state index contributed by atoms with van der Waals surface area (Å²) in [5.41, 5.74) is 3.46. The molecule has 0 aromatic rings. The third-order valence-electron chi connectivity index (χ3n) is 2.80. The summed E-state index contributed by atoms with van der Waals surface area (Å²) in [7, 11) is 0. The number of hydrazine groups is 1. The molecule has 0 spiro atoms. The van der Waals surface area contributed by atoms with E-state index in [1.165, 1.54) is 19.4 Å². The van der Waals surface area contributed by atoms with Crippen molar-refractivity contribution in [3.63, 3.8) is 0 Å². The molecule has 1 N–H and O–H groups in total. The molecule has 0 aromatic heterocycles. The highest BCUT2D eigenvalue weighted by Gasteiger charge is 2.55. The number of hydrogen-bond donors (Lipinski definition) is 1. The molecule has 0 amide bonds. The second kappa shape index (κ2) is 0.957. The van der Waals surface area contributed by atoms with Crippen molar-refractivity contribution < 1.29 is 0 Å². The maximum atomic E-state index is 3.46. The van der Waals surface area contributed by atoms with Gasteiger partial charge in [-0.25, -0.2) is 5.01 Å². The molecule has 1 saturated carbocycles. The highest BCUT2D eigenvalue weighted by molar-refractivity contribution is 5.08. The molecule has 0 aromatic carbocycles. The third-order valence-corrected chi connectivity index (χ3v) is 2.80. The molecule has 0 bridgehead atoms. The average molecular weight is 110 g/mol. The van der Waals surface area contributed by atoms with Gasteiger partial charge in [-0.15, -0.1) is 0 Å². The highest BCUT2D eigenvalue weighted by Crippen LogP contribution is 2.44. The molecular formula is C6H10N2. The quantitative estimate of drug-likeness (QED) is 0.440. The van der Waals surface area contributed by atoms with E-state index >= 15 is 0 Å². The Morgan fingerprint density at radius 1 is 1.38 bits per heavy atom. The molecule has 3 rings (SSSR count). The van der Waals surface area contributed by atoms with Gasteiger partial charge < -0.3 is 0 Å². The Labute approximate surface area is 48.8 Å². The van der Waals surface area contributed by atoms with E-state index in [0.29, 0.717) is 0 Å². The molecule has 44 valence electrons. The summed E-state index contributed by atoms with van der Waals surface area (Å²) in [6, 6.07) is 1.86. The van der Waals surface area contributed by atoms with Gasteiger partial charge in [-0.2, -0.15) is 0 Å². The van der Waals surface area contributed by atoms with Crippen molar-refractivity contribution in [2.45, 2.75) is 24.9 Å². The predicted molar refractivity (Wildman–Crippen MR) is 30.1 cm³/mol. The van der Waals surface area contributed by atoms with Crippen molar-refractivity contribution in [3.8, 4) is 0 Å². The molecule has 2 aliphatic heterocycles. The molecule has 3 fully saturated rings. The van der Waals surface area contributed by atoms with Crippen LogP contribution in [0.15, 0.2) is 0 Å². The first-order valence-corrected chi connectivity index (χ1v) is 3.48. The molecule has 2 heterocycles. The molecule has 0 radical (unpaired) electrons. The fourth-order valence-electron chi connectivity index (χ4n) is 2.03. The summed E-state index contributed by atoms with van der Waals surface area (Å²) in [5, 5.41) is 2.38. The Bertz CT molecular complexity index is 130. The Kier molecular flexibility index (Phi) is 0.461. The minimum absolute atomic E-state index is 0.897. The molecule has 8 heavy (non-hydrogen) atoms. The van der Waals surface area contributed by atoms with E-state index in [2.05, 4.69) is 10.4 Å². The summed E-state index contributed by atoms with van der Waals surface area (Å²) in [6.07, 6.45) is 2.91.